The predicted octanol–water partition coefficient (Wildman–Crippen LogP) is 3.37. The van der Waals surface area contributed by atoms with E-state index in [4.69, 9.17) is 9.47 Å². The lowest BCUT2D eigenvalue weighted by atomic mass is 9.96. The number of aliphatic hydroxyl groups is 1. The number of nitrogens with one attached hydrogen (secondary N) is 1. The van der Waals surface area contributed by atoms with Gasteiger partial charge in [0.05, 0.1) is 19.7 Å². The summed E-state index contributed by atoms with van der Waals surface area (Å²) in [4.78, 5) is 14.9. The minimum absolute atomic E-state index is 0.265. The van der Waals surface area contributed by atoms with E-state index >= 15 is 0 Å². The molecule has 3 heterocycles. The molecule has 1 saturated heterocycles. The Kier molecular flexibility index (Phi) is 6.02. The standard InChI is InChI=1S/C26H30N4O4/c1-16-10-25-27-28-26(32)30(25)22-12-21(24(34-3)13-20(16)22)18-4-5-23(33-2)19(11-18)14-29-8-6-17(15-31)7-9-29/h4-5,10-13,17,31H,6-9,14-15H2,1-3H3,(H,28,32). The molecule has 0 aliphatic carbocycles. The van der Waals surface area contributed by atoms with Crippen molar-refractivity contribution >= 4 is 16.6 Å². The highest BCUT2D eigenvalue weighted by Crippen LogP contribution is 2.37. The molecule has 0 saturated carbocycles. The molecule has 0 spiro atoms. The molecule has 8 heteroatoms. The van der Waals surface area contributed by atoms with Crippen molar-refractivity contribution in [1.82, 2.24) is 19.5 Å². The van der Waals surface area contributed by atoms with Crippen molar-refractivity contribution in [2.24, 2.45) is 5.92 Å². The van der Waals surface area contributed by atoms with E-state index in [0.29, 0.717) is 11.6 Å². The van der Waals surface area contributed by atoms with Crippen LogP contribution in [0.1, 0.15) is 24.0 Å². The number of methoxy groups -OCH3 is 2. The molecule has 0 unspecified atom stereocenters. The van der Waals surface area contributed by atoms with E-state index in [1.165, 1.54) is 0 Å². The number of hydrogen-bond donors (Lipinski definition) is 2. The lowest BCUT2D eigenvalue weighted by molar-refractivity contribution is 0.127. The van der Waals surface area contributed by atoms with Gasteiger partial charge in [0.1, 0.15) is 11.5 Å². The van der Waals surface area contributed by atoms with Gasteiger partial charge < -0.3 is 14.6 Å². The lowest BCUT2D eigenvalue weighted by Gasteiger charge is -2.31. The smallest absolute Gasteiger partial charge is 0.348 e. The second-order valence-corrected chi connectivity index (χ2v) is 9.05. The number of benzene rings is 2. The highest BCUT2D eigenvalue weighted by Gasteiger charge is 2.21. The molecule has 1 fully saturated rings. The zero-order chi connectivity index (χ0) is 23.8. The van der Waals surface area contributed by atoms with E-state index in [0.717, 1.165) is 77.1 Å². The zero-order valence-corrected chi connectivity index (χ0v) is 19.8. The highest BCUT2D eigenvalue weighted by atomic mass is 16.5. The third kappa shape index (κ3) is 3.93. The highest BCUT2D eigenvalue weighted by molar-refractivity contribution is 5.92. The molecule has 2 aromatic carbocycles. The number of hydrogen-bond acceptors (Lipinski definition) is 6. The maximum Gasteiger partial charge on any atom is 0.348 e. The summed E-state index contributed by atoms with van der Waals surface area (Å²) in [5, 5.41) is 17.1. The average Bonchev–Trinajstić information content (AvgIpc) is 3.24. The van der Waals surface area contributed by atoms with E-state index in [9.17, 15) is 9.90 Å². The molecular formula is C26H30N4O4. The zero-order valence-electron chi connectivity index (χ0n) is 19.8. The molecule has 34 heavy (non-hydrogen) atoms. The fourth-order valence-electron chi connectivity index (χ4n) is 5.01. The van der Waals surface area contributed by atoms with Crippen LogP contribution in [0.4, 0.5) is 0 Å². The molecule has 2 aromatic heterocycles. The number of aliphatic hydroxyl groups excluding tert-OH is 1. The number of nitrogens with zero attached hydrogens (tertiary/aromatic N) is 3. The van der Waals surface area contributed by atoms with Gasteiger partial charge in [0.2, 0.25) is 0 Å². The van der Waals surface area contributed by atoms with E-state index in [-0.39, 0.29) is 12.3 Å². The summed E-state index contributed by atoms with van der Waals surface area (Å²) in [6, 6.07) is 12.0. The average molecular weight is 463 g/mol. The number of ether oxygens (including phenoxy) is 2. The minimum Gasteiger partial charge on any atom is -0.496 e. The van der Waals surface area contributed by atoms with Crippen LogP contribution in [0.2, 0.25) is 0 Å². The first-order valence-corrected chi connectivity index (χ1v) is 11.6. The van der Waals surface area contributed by atoms with E-state index in [1.54, 1.807) is 18.6 Å². The topological polar surface area (TPSA) is 92.1 Å². The molecule has 1 aliphatic heterocycles. The summed E-state index contributed by atoms with van der Waals surface area (Å²) in [6.07, 6.45) is 2.01. The van der Waals surface area contributed by atoms with Crippen LogP contribution in [0.15, 0.2) is 41.2 Å². The van der Waals surface area contributed by atoms with Crippen LogP contribution in [0.5, 0.6) is 11.5 Å². The SMILES string of the molecule is COc1ccc(-c2cc3c(cc2OC)c(C)cc2n[nH]c(=O)n23)cc1CN1CCC(CO)CC1. The predicted molar refractivity (Wildman–Crippen MR) is 132 cm³/mol. The number of H-pyrrole nitrogens is 1. The van der Waals surface area contributed by atoms with Crippen molar-refractivity contribution in [3.8, 4) is 22.6 Å². The minimum atomic E-state index is -0.266. The number of aromatic amines is 1. The fourth-order valence-corrected chi connectivity index (χ4v) is 5.01. The molecule has 0 radical (unpaired) electrons. The van der Waals surface area contributed by atoms with Crippen LogP contribution in [0.3, 0.4) is 0 Å². The number of fused-ring (bicyclic) bond motifs is 3. The number of rotatable bonds is 6. The molecule has 5 rings (SSSR count). The lowest BCUT2D eigenvalue weighted by Crippen LogP contribution is -2.34. The largest absolute Gasteiger partial charge is 0.496 e. The molecule has 0 amide bonds. The van der Waals surface area contributed by atoms with Crippen LogP contribution < -0.4 is 15.2 Å². The number of pyridine rings is 1. The monoisotopic (exact) mass is 462 g/mol. The molecule has 0 atom stereocenters. The summed E-state index contributed by atoms with van der Waals surface area (Å²) in [5.41, 5.74) is 5.12. The van der Waals surface area contributed by atoms with Gasteiger partial charge in [-0.2, -0.15) is 5.10 Å². The van der Waals surface area contributed by atoms with E-state index < -0.39 is 0 Å². The first-order valence-electron chi connectivity index (χ1n) is 11.6. The fraction of sp³-hybridized carbons (Fsp3) is 0.385. The Hall–Kier alpha value is -3.36. The van der Waals surface area contributed by atoms with Gasteiger partial charge in [-0.15, -0.1) is 0 Å². The molecule has 4 aromatic rings. The Morgan fingerprint density at radius 1 is 1.09 bits per heavy atom. The van der Waals surface area contributed by atoms with Crippen molar-refractivity contribution < 1.29 is 14.6 Å². The second kappa shape index (κ2) is 9.12. The van der Waals surface area contributed by atoms with Gasteiger partial charge in [-0.05, 0) is 80.2 Å². The van der Waals surface area contributed by atoms with Crippen molar-refractivity contribution in [1.29, 1.82) is 0 Å². The number of aryl methyl sites for hydroxylation is 1. The van der Waals surface area contributed by atoms with Crippen LogP contribution >= 0.6 is 0 Å². The van der Waals surface area contributed by atoms with E-state index in [1.807, 2.05) is 37.3 Å². The Labute approximate surface area is 197 Å². The molecule has 1 aliphatic rings. The maximum atomic E-state index is 12.5. The third-order valence-electron chi connectivity index (χ3n) is 6.98. The van der Waals surface area contributed by atoms with Gasteiger partial charge >= 0.3 is 5.69 Å². The molecule has 2 N–H and O–H groups in total. The van der Waals surface area contributed by atoms with Crippen LogP contribution in [-0.4, -0.2) is 58.5 Å². The normalized spacial score (nSPS) is 15.3. The quantitative estimate of drug-likeness (QED) is 0.457. The third-order valence-corrected chi connectivity index (χ3v) is 6.98. The first-order chi connectivity index (χ1) is 16.5. The second-order valence-electron chi connectivity index (χ2n) is 9.05. The summed E-state index contributed by atoms with van der Waals surface area (Å²) in [6.45, 7) is 4.96. The summed E-state index contributed by atoms with van der Waals surface area (Å²) in [7, 11) is 3.36. The van der Waals surface area contributed by atoms with Crippen LogP contribution in [0.25, 0.3) is 27.7 Å². The molecular weight excluding hydrogens is 432 g/mol. The van der Waals surface area contributed by atoms with Crippen molar-refractivity contribution in [2.45, 2.75) is 26.3 Å². The number of likely N-dealkylation sites (tertiary alicyclic amines) is 1. The summed E-state index contributed by atoms with van der Waals surface area (Å²) in [5.74, 6) is 1.99. The summed E-state index contributed by atoms with van der Waals surface area (Å²) >= 11 is 0. The van der Waals surface area contributed by atoms with E-state index in [2.05, 4.69) is 21.2 Å². The Morgan fingerprint density at radius 3 is 2.56 bits per heavy atom. The van der Waals surface area contributed by atoms with Gasteiger partial charge in [-0.3, -0.25) is 4.90 Å². The van der Waals surface area contributed by atoms with Gasteiger partial charge in [0.15, 0.2) is 5.65 Å². The Morgan fingerprint density at radius 2 is 1.85 bits per heavy atom. The molecule has 8 nitrogen and oxygen atoms in total. The molecule has 178 valence electrons. The number of piperidine rings is 1. The Balaban J connectivity index is 1.60. The van der Waals surface area contributed by atoms with Crippen molar-refractivity contribution in [3.63, 3.8) is 0 Å². The molecule has 0 bridgehead atoms. The Bertz CT molecular complexity index is 1400. The van der Waals surface area contributed by atoms with Gasteiger partial charge in [0.25, 0.3) is 0 Å². The van der Waals surface area contributed by atoms with Crippen LogP contribution in [0, 0.1) is 12.8 Å². The van der Waals surface area contributed by atoms with Crippen molar-refractivity contribution in [3.05, 3.63) is 58.0 Å². The van der Waals surface area contributed by atoms with Crippen LogP contribution in [-0.2, 0) is 6.54 Å². The first kappa shape index (κ1) is 22.4. The van der Waals surface area contributed by atoms with Crippen molar-refractivity contribution in [2.75, 3.05) is 33.9 Å². The van der Waals surface area contributed by atoms with Gasteiger partial charge in [-0.25, -0.2) is 14.3 Å². The maximum absolute atomic E-state index is 12.5. The van der Waals surface area contributed by atoms with Gasteiger partial charge in [-0.1, -0.05) is 6.07 Å². The van der Waals surface area contributed by atoms with Gasteiger partial charge in [0, 0.05) is 29.7 Å². The summed E-state index contributed by atoms with van der Waals surface area (Å²) < 4.78 is 13.0. The number of aromatic nitrogens is 3.